The summed E-state index contributed by atoms with van der Waals surface area (Å²) in [5.74, 6) is -7.75. The third kappa shape index (κ3) is 5.47. The number of benzene rings is 1. The molecule has 0 fully saturated rings. The summed E-state index contributed by atoms with van der Waals surface area (Å²) in [5, 5.41) is 10.5. The Bertz CT molecular complexity index is 649. The molecule has 0 aliphatic rings. The second-order valence-corrected chi connectivity index (χ2v) is 5.14. The third-order valence-electron chi connectivity index (χ3n) is 2.32. The Morgan fingerprint density at radius 2 is 2.04 bits per heavy atom. The number of ether oxygens (including phenoxy) is 2. The number of carbonyl (C=O) groups excluding carboxylic acids is 2. The van der Waals surface area contributed by atoms with E-state index in [0.29, 0.717) is 3.57 Å². The van der Waals surface area contributed by atoms with Crippen LogP contribution in [0.5, 0.6) is 0 Å². The van der Waals surface area contributed by atoms with Crippen molar-refractivity contribution in [2.45, 2.75) is 5.92 Å². The van der Waals surface area contributed by atoms with Gasteiger partial charge in [0, 0.05) is 9.26 Å². The highest BCUT2D eigenvalue weighted by atomic mass is 127. The summed E-state index contributed by atoms with van der Waals surface area (Å²) >= 11 is 1.75. The van der Waals surface area contributed by atoms with Crippen LogP contribution in [0, 0.1) is 3.57 Å². The van der Waals surface area contributed by atoms with Crippen LogP contribution in [0.3, 0.4) is 0 Å². The minimum Gasteiger partial charge on any atom is -0.477 e. The molecule has 0 aromatic heterocycles. The number of hydrogen-bond donors (Lipinski definition) is 2. The maximum atomic E-state index is 12.9. The van der Waals surface area contributed by atoms with Crippen LogP contribution in [-0.4, -0.2) is 35.7 Å². The molecular formula is C13H10F2INO6. The van der Waals surface area contributed by atoms with Gasteiger partial charge in [0.05, 0.1) is 11.8 Å². The molecule has 0 unspecified atom stereocenters. The monoisotopic (exact) mass is 441 g/mol. The highest BCUT2D eigenvalue weighted by Crippen LogP contribution is 2.21. The van der Waals surface area contributed by atoms with Crippen molar-refractivity contribution < 1.29 is 37.7 Å². The lowest BCUT2D eigenvalue weighted by Crippen LogP contribution is -2.34. The van der Waals surface area contributed by atoms with Crippen LogP contribution >= 0.6 is 22.6 Å². The van der Waals surface area contributed by atoms with Gasteiger partial charge in [-0.2, -0.15) is 8.78 Å². The predicted molar refractivity (Wildman–Crippen MR) is 82.3 cm³/mol. The number of carbonyl (C=O) groups is 3. The molecule has 1 rings (SSSR count). The van der Waals surface area contributed by atoms with Gasteiger partial charge in [-0.15, -0.1) is 0 Å². The van der Waals surface area contributed by atoms with Crippen LogP contribution in [0.1, 0.15) is 10.4 Å². The second-order valence-electron chi connectivity index (χ2n) is 3.98. The average Bonchev–Trinajstić information content (AvgIpc) is 2.47. The predicted octanol–water partition coefficient (Wildman–Crippen LogP) is 2.86. The maximum Gasteiger partial charge on any atom is 0.416 e. The Morgan fingerprint density at radius 3 is 2.61 bits per heavy atom. The highest BCUT2D eigenvalue weighted by Gasteiger charge is 2.40. The molecule has 0 spiro atoms. The van der Waals surface area contributed by atoms with Crippen molar-refractivity contribution in [3.8, 4) is 0 Å². The minimum atomic E-state index is -4.19. The van der Waals surface area contributed by atoms with E-state index in [1.165, 1.54) is 18.2 Å². The number of amides is 1. The van der Waals surface area contributed by atoms with Gasteiger partial charge >= 0.3 is 24.0 Å². The Labute approximate surface area is 142 Å². The number of esters is 1. The van der Waals surface area contributed by atoms with Gasteiger partial charge in [0.25, 0.3) is 0 Å². The van der Waals surface area contributed by atoms with Crippen LogP contribution in [0.2, 0.25) is 0 Å². The van der Waals surface area contributed by atoms with E-state index in [9.17, 15) is 23.2 Å². The van der Waals surface area contributed by atoms with Crippen molar-refractivity contribution >= 4 is 46.3 Å². The zero-order chi connectivity index (χ0) is 17.6. The Balaban J connectivity index is 2.86. The number of hydrogen-bond acceptors (Lipinski definition) is 5. The van der Waals surface area contributed by atoms with Crippen molar-refractivity contribution in [1.29, 1.82) is 0 Å². The summed E-state index contributed by atoms with van der Waals surface area (Å²) in [5.41, 5.74) is 0.0254. The number of carboxylic acid groups (broad SMARTS) is 1. The van der Waals surface area contributed by atoms with Crippen LogP contribution in [-0.2, 0) is 14.3 Å². The molecule has 0 aliphatic heterocycles. The van der Waals surface area contributed by atoms with Gasteiger partial charge in [-0.3, -0.25) is 5.32 Å². The summed E-state index contributed by atoms with van der Waals surface area (Å²) in [6.45, 7) is 1.58. The summed E-state index contributed by atoms with van der Waals surface area (Å²) < 4.78 is 34.9. The van der Waals surface area contributed by atoms with Crippen molar-refractivity contribution in [3.05, 3.63) is 40.2 Å². The lowest BCUT2D eigenvalue weighted by Gasteiger charge is -2.13. The van der Waals surface area contributed by atoms with Gasteiger partial charge in [-0.25, -0.2) is 14.4 Å². The summed E-state index contributed by atoms with van der Waals surface area (Å²) in [6, 6.07) is 4.04. The molecule has 0 saturated heterocycles. The topological polar surface area (TPSA) is 102 Å². The third-order valence-corrected chi connectivity index (χ3v) is 3.26. The molecule has 0 radical (unpaired) electrons. The first-order valence-corrected chi connectivity index (χ1v) is 6.91. The summed E-state index contributed by atoms with van der Waals surface area (Å²) in [6.07, 6.45) is 0.0310. The van der Waals surface area contributed by atoms with E-state index in [1.807, 2.05) is 0 Å². The number of alkyl halides is 2. The molecule has 124 valence electrons. The van der Waals surface area contributed by atoms with Gasteiger partial charge in [0.15, 0.2) is 6.61 Å². The van der Waals surface area contributed by atoms with E-state index in [4.69, 9.17) is 5.11 Å². The Morgan fingerprint density at radius 1 is 1.39 bits per heavy atom. The van der Waals surface area contributed by atoms with E-state index < -0.39 is 30.6 Å². The lowest BCUT2D eigenvalue weighted by atomic mass is 10.2. The van der Waals surface area contributed by atoms with Crippen LogP contribution in [0.4, 0.5) is 19.3 Å². The van der Waals surface area contributed by atoms with E-state index in [0.717, 1.165) is 6.26 Å². The van der Waals surface area contributed by atoms with E-state index >= 15 is 0 Å². The molecule has 0 atom stereocenters. The quantitative estimate of drug-likeness (QED) is 0.400. The minimum absolute atomic E-state index is 0.122. The van der Waals surface area contributed by atoms with Crippen molar-refractivity contribution in [2.75, 3.05) is 11.9 Å². The fourth-order valence-electron chi connectivity index (χ4n) is 1.28. The lowest BCUT2D eigenvalue weighted by molar-refractivity contribution is -0.170. The average molecular weight is 441 g/mol. The number of carboxylic acids is 1. The zero-order valence-corrected chi connectivity index (χ0v) is 13.5. The second kappa shape index (κ2) is 7.85. The molecule has 23 heavy (non-hydrogen) atoms. The van der Waals surface area contributed by atoms with E-state index in [1.54, 1.807) is 22.6 Å². The van der Waals surface area contributed by atoms with E-state index in [2.05, 4.69) is 21.4 Å². The molecule has 0 saturated carbocycles. The summed E-state index contributed by atoms with van der Waals surface area (Å²) in [4.78, 5) is 33.3. The molecule has 0 aliphatic carbocycles. The van der Waals surface area contributed by atoms with E-state index in [-0.39, 0.29) is 11.3 Å². The zero-order valence-electron chi connectivity index (χ0n) is 11.3. The number of halogens is 3. The number of anilines is 1. The van der Waals surface area contributed by atoms with Gasteiger partial charge < -0.3 is 14.6 Å². The number of aliphatic carboxylic acids is 1. The molecule has 1 amide bonds. The van der Waals surface area contributed by atoms with Crippen molar-refractivity contribution in [2.24, 2.45) is 0 Å². The van der Waals surface area contributed by atoms with Crippen LogP contribution < -0.4 is 5.32 Å². The fraction of sp³-hybridized carbons (Fsp3) is 0.154. The molecular weight excluding hydrogens is 431 g/mol. The largest absolute Gasteiger partial charge is 0.477 e. The smallest absolute Gasteiger partial charge is 0.416 e. The first-order chi connectivity index (χ1) is 10.7. The Kier molecular flexibility index (Phi) is 6.42. The fourth-order valence-corrected chi connectivity index (χ4v) is 1.83. The maximum absolute atomic E-state index is 12.9. The Hall–Kier alpha value is -2.24. The standard InChI is InChI=1S/C13H10F2INO6/c1-2-22-12(21)17-7-3-4-9(16)8(5-7)10(18)23-6-13(14,15)11(19)20/h2-5H,1,6H2,(H,17,21)(H,19,20). The SMILES string of the molecule is C=COC(=O)Nc1ccc(I)c(C(=O)OCC(F)(F)C(=O)O)c1. The summed E-state index contributed by atoms with van der Waals surface area (Å²) in [7, 11) is 0. The highest BCUT2D eigenvalue weighted by molar-refractivity contribution is 14.1. The first-order valence-electron chi connectivity index (χ1n) is 5.84. The molecule has 0 bridgehead atoms. The van der Waals surface area contributed by atoms with Gasteiger partial charge in [-0.1, -0.05) is 6.58 Å². The normalized spacial score (nSPS) is 10.6. The molecule has 7 nitrogen and oxygen atoms in total. The molecule has 1 aromatic rings. The first kappa shape index (κ1) is 18.8. The van der Waals surface area contributed by atoms with Gasteiger partial charge in [0.1, 0.15) is 0 Å². The van der Waals surface area contributed by atoms with Crippen molar-refractivity contribution in [3.63, 3.8) is 0 Å². The number of rotatable bonds is 6. The number of nitrogens with one attached hydrogen (secondary N) is 1. The van der Waals surface area contributed by atoms with Gasteiger partial charge in [-0.05, 0) is 40.8 Å². The van der Waals surface area contributed by atoms with Crippen LogP contribution in [0.15, 0.2) is 31.0 Å². The van der Waals surface area contributed by atoms with Gasteiger partial charge in [0.2, 0.25) is 0 Å². The molecule has 10 heteroatoms. The molecule has 2 N–H and O–H groups in total. The van der Waals surface area contributed by atoms with Crippen molar-refractivity contribution in [1.82, 2.24) is 0 Å². The van der Waals surface area contributed by atoms with Crippen LogP contribution in [0.25, 0.3) is 0 Å². The molecule has 1 aromatic carbocycles. The molecule has 0 heterocycles.